The molecule has 1 N–H and O–H groups in total. The minimum Gasteiger partial charge on any atom is -0.452 e. The highest BCUT2D eigenvalue weighted by Gasteiger charge is 2.34. The largest absolute Gasteiger partial charge is 0.452 e. The van der Waals surface area contributed by atoms with E-state index in [1.54, 1.807) is 19.1 Å². The molecule has 0 aromatic rings. The average Bonchev–Trinajstić information content (AvgIpc) is 1.97. The molecule has 3 nitrogen and oxygen atoms in total. The Morgan fingerprint density at radius 3 is 2.77 bits per heavy atom. The van der Waals surface area contributed by atoms with Crippen molar-refractivity contribution in [2.75, 3.05) is 0 Å². The van der Waals surface area contributed by atoms with Crippen LogP contribution in [0.1, 0.15) is 20.8 Å². The Morgan fingerprint density at radius 1 is 1.69 bits per heavy atom. The molecule has 0 saturated heterocycles. The first-order chi connectivity index (χ1) is 5.94. The van der Waals surface area contributed by atoms with Gasteiger partial charge in [-0.1, -0.05) is 11.6 Å². The lowest BCUT2D eigenvalue weighted by Gasteiger charge is -2.31. The molecule has 2 atom stereocenters. The summed E-state index contributed by atoms with van der Waals surface area (Å²) in [5, 5.41) is 9.64. The molecule has 2 unspecified atom stereocenters. The minimum absolute atomic E-state index is 0.390. The van der Waals surface area contributed by atoms with Gasteiger partial charge in [0, 0.05) is 6.92 Å². The Labute approximate surface area is 77.7 Å². The topological polar surface area (TPSA) is 46.5 Å². The van der Waals surface area contributed by atoms with Crippen molar-refractivity contribution in [2.24, 2.45) is 0 Å². The fraction of sp³-hybridized carbons (Fsp3) is 0.500. The van der Waals surface area contributed by atoms with Gasteiger partial charge in [0.2, 0.25) is 0 Å². The van der Waals surface area contributed by atoms with Gasteiger partial charge in [0.25, 0.3) is 0 Å². The molecule has 0 radical (unpaired) electrons. The average molecular weight is 182 g/mol. The van der Waals surface area contributed by atoms with Gasteiger partial charge in [-0.05, 0) is 26.0 Å². The van der Waals surface area contributed by atoms with Gasteiger partial charge in [-0.15, -0.1) is 0 Å². The molecule has 0 fully saturated rings. The molecule has 0 aliphatic heterocycles. The fourth-order valence-electron chi connectivity index (χ4n) is 1.27. The van der Waals surface area contributed by atoms with E-state index in [9.17, 15) is 9.90 Å². The summed E-state index contributed by atoms with van der Waals surface area (Å²) >= 11 is 0. The number of aliphatic hydroxyl groups excluding tert-OH is 1. The lowest BCUT2D eigenvalue weighted by atomic mass is 9.91. The molecule has 72 valence electrons. The summed E-state index contributed by atoms with van der Waals surface area (Å²) in [6.45, 7) is 4.89. The molecule has 1 aliphatic carbocycles. The zero-order valence-electron chi connectivity index (χ0n) is 8.07. The predicted octanol–water partition coefficient (Wildman–Crippen LogP) is 1.19. The van der Waals surface area contributed by atoms with E-state index < -0.39 is 11.7 Å². The first-order valence-electron chi connectivity index (χ1n) is 4.19. The van der Waals surface area contributed by atoms with Crippen LogP contribution in [-0.4, -0.2) is 22.8 Å². The second-order valence-corrected chi connectivity index (χ2v) is 3.47. The highest BCUT2D eigenvalue weighted by Crippen LogP contribution is 2.24. The van der Waals surface area contributed by atoms with E-state index in [0.717, 1.165) is 5.57 Å². The molecule has 3 heteroatoms. The van der Waals surface area contributed by atoms with Crippen molar-refractivity contribution in [3.8, 4) is 0 Å². The van der Waals surface area contributed by atoms with Gasteiger partial charge in [-0.2, -0.15) is 0 Å². The molecule has 1 aliphatic rings. The Morgan fingerprint density at radius 2 is 2.31 bits per heavy atom. The molecular weight excluding hydrogens is 168 g/mol. The third-order valence-electron chi connectivity index (χ3n) is 2.05. The van der Waals surface area contributed by atoms with Gasteiger partial charge < -0.3 is 9.84 Å². The van der Waals surface area contributed by atoms with Crippen LogP contribution in [-0.2, 0) is 9.53 Å². The summed E-state index contributed by atoms with van der Waals surface area (Å²) in [5.74, 6) is -0.390. The third-order valence-corrected chi connectivity index (χ3v) is 2.05. The number of ether oxygens (including phenoxy) is 1. The first kappa shape index (κ1) is 9.99. The maximum atomic E-state index is 10.8. The lowest BCUT2D eigenvalue weighted by Crippen LogP contribution is -2.41. The number of esters is 1. The molecule has 0 heterocycles. The van der Waals surface area contributed by atoms with Gasteiger partial charge >= 0.3 is 5.97 Å². The van der Waals surface area contributed by atoms with Gasteiger partial charge in [0.1, 0.15) is 6.10 Å². The highest BCUT2D eigenvalue weighted by atomic mass is 16.6. The van der Waals surface area contributed by atoms with Crippen LogP contribution in [0.2, 0.25) is 0 Å². The van der Waals surface area contributed by atoms with E-state index in [2.05, 4.69) is 0 Å². The Bertz CT molecular complexity index is 278. The van der Waals surface area contributed by atoms with E-state index >= 15 is 0 Å². The summed E-state index contributed by atoms with van der Waals surface area (Å²) in [6.07, 6.45) is 4.44. The van der Waals surface area contributed by atoms with Crippen LogP contribution in [0, 0.1) is 0 Å². The van der Waals surface area contributed by atoms with Crippen LogP contribution < -0.4 is 0 Å². The zero-order valence-corrected chi connectivity index (χ0v) is 8.07. The standard InChI is InChI=1S/C10H14O3/c1-7-4-5-10(3,9(12)6-7)13-8(2)11/h4-6,9,12H,1-3H3. The van der Waals surface area contributed by atoms with Crippen LogP contribution in [0.15, 0.2) is 23.8 Å². The third kappa shape index (κ3) is 2.18. The molecule has 0 amide bonds. The number of hydrogen-bond acceptors (Lipinski definition) is 3. The van der Waals surface area contributed by atoms with Crippen molar-refractivity contribution < 1.29 is 14.6 Å². The zero-order chi connectivity index (χ0) is 10.1. The van der Waals surface area contributed by atoms with Crippen LogP contribution in [0.5, 0.6) is 0 Å². The molecule has 0 spiro atoms. The molecule has 13 heavy (non-hydrogen) atoms. The number of rotatable bonds is 1. The molecule has 0 aromatic heterocycles. The van der Waals surface area contributed by atoms with Gasteiger partial charge in [0.15, 0.2) is 5.60 Å². The smallest absolute Gasteiger partial charge is 0.303 e. The van der Waals surface area contributed by atoms with Gasteiger partial charge in [-0.3, -0.25) is 4.79 Å². The lowest BCUT2D eigenvalue weighted by molar-refractivity contribution is -0.157. The maximum absolute atomic E-state index is 10.8. The number of carbonyl (C=O) groups excluding carboxylic acids is 1. The van der Waals surface area contributed by atoms with E-state index in [1.807, 2.05) is 13.0 Å². The summed E-state index contributed by atoms with van der Waals surface area (Å²) in [7, 11) is 0. The molecule has 0 aromatic carbocycles. The number of aliphatic hydroxyl groups is 1. The minimum atomic E-state index is -0.911. The van der Waals surface area contributed by atoms with E-state index in [4.69, 9.17) is 4.74 Å². The van der Waals surface area contributed by atoms with E-state index in [1.165, 1.54) is 6.92 Å². The summed E-state index contributed by atoms with van der Waals surface area (Å²) in [6, 6.07) is 0. The van der Waals surface area contributed by atoms with Crippen molar-refractivity contribution in [2.45, 2.75) is 32.5 Å². The van der Waals surface area contributed by atoms with Crippen LogP contribution in [0.4, 0.5) is 0 Å². The van der Waals surface area contributed by atoms with Crippen molar-refractivity contribution in [1.82, 2.24) is 0 Å². The quantitative estimate of drug-likeness (QED) is 0.619. The number of hydrogen-bond donors (Lipinski definition) is 1. The van der Waals surface area contributed by atoms with Crippen molar-refractivity contribution in [3.05, 3.63) is 23.8 Å². The number of allylic oxidation sites excluding steroid dienone is 2. The second-order valence-electron chi connectivity index (χ2n) is 3.47. The summed E-state index contributed by atoms with van der Waals surface area (Å²) in [4.78, 5) is 10.8. The van der Waals surface area contributed by atoms with E-state index in [0.29, 0.717) is 0 Å². The van der Waals surface area contributed by atoms with Crippen LogP contribution in [0.3, 0.4) is 0 Å². The highest BCUT2D eigenvalue weighted by molar-refractivity contribution is 5.67. The molecule has 0 saturated carbocycles. The Kier molecular flexibility index (Phi) is 2.57. The predicted molar refractivity (Wildman–Crippen MR) is 49.1 cm³/mol. The Hall–Kier alpha value is -1.09. The number of carbonyl (C=O) groups is 1. The second kappa shape index (κ2) is 3.34. The van der Waals surface area contributed by atoms with Crippen molar-refractivity contribution in [3.63, 3.8) is 0 Å². The Balaban J connectivity index is 2.82. The molecule has 0 bridgehead atoms. The summed E-state index contributed by atoms with van der Waals surface area (Å²) in [5.41, 5.74) is 0.0582. The van der Waals surface area contributed by atoms with Crippen LogP contribution >= 0.6 is 0 Å². The van der Waals surface area contributed by atoms with Crippen molar-refractivity contribution in [1.29, 1.82) is 0 Å². The normalized spacial score (nSPS) is 32.6. The maximum Gasteiger partial charge on any atom is 0.303 e. The SMILES string of the molecule is CC(=O)OC1(C)C=CC(C)=CC1O. The molecular formula is C10H14O3. The summed E-state index contributed by atoms with van der Waals surface area (Å²) < 4.78 is 5.02. The van der Waals surface area contributed by atoms with Crippen LogP contribution in [0.25, 0.3) is 0 Å². The fourth-order valence-corrected chi connectivity index (χ4v) is 1.27. The first-order valence-corrected chi connectivity index (χ1v) is 4.19. The van der Waals surface area contributed by atoms with Gasteiger partial charge in [0.05, 0.1) is 0 Å². The van der Waals surface area contributed by atoms with Crippen molar-refractivity contribution >= 4 is 5.97 Å². The van der Waals surface area contributed by atoms with Gasteiger partial charge in [-0.25, -0.2) is 0 Å². The molecule has 1 rings (SSSR count). The van der Waals surface area contributed by atoms with E-state index in [-0.39, 0.29) is 5.97 Å². The monoisotopic (exact) mass is 182 g/mol.